The molecule has 1 saturated carbocycles. The van der Waals surface area contributed by atoms with Gasteiger partial charge in [0.2, 0.25) is 0 Å². The third-order valence-corrected chi connectivity index (χ3v) is 3.47. The van der Waals surface area contributed by atoms with Gasteiger partial charge in [-0.15, -0.1) is 0 Å². The summed E-state index contributed by atoms with van der Waals surface area (Å²) in [5.74, 6) is -0.772. The van der Waals surface area contributed by atoms with E-state index in [2.05, 4.69) is 0 Å². The number of benzene rings is 1. The largest absolute Gasteiger partial charge is 0.478 e. The topological polar surface area (TPSA) is 42.2 Å². The van der Waals surface area contributed by atoms with Gasteiger partial charge in [-0.25, -0.2) is 9.18 Å². The number of nitrogens with zero attached hydrogens (tertiary/aromatic N) is 1. The zero-order valence-electron chi connectivity index (χ0n) is 10.3. The number of carboxylic acids is 1. The molecular formula is C15H14FNO2. The van der Waals surface area contributed by atoms with E-state index >= 15 is 0 Å². The van der Waals surface area contributed by atoms with Gasteiger partial charge in [0.25, 0.3) is 0 Å². The Labute approximate surface area is 110 Å². The van der Waals surface area contributed by atoms with E-state index in [0.29, 0.717) is 18.0 Å². The summed E-state index contributed by atoms with van der Waals surface area (Å²) in [5.41, 5.74) is 2.26. The van der Waals surface area contributed by atoms with Gasteiger partial charge in [-0.3, -0.25) is 0 Å². The molecule has 0 spiro atoms. The van der Waals surface area contributed by atoms with Crippen LogP contribution in [0, 0.1) is 5.82 Å². The Kier molecular flexibility index (Phi) is 2.85. The van der Waals surface area contributed by atoms with Crippen LogP contribution in [0.1, 0.15) is 40.4 Å². The third kappa shape index (κ3) is 2.38. The Balaban J connectivity index is 1.92. The Hall–Kier alpha value is -2.10. The average Bonchev–Trinajstić information content (AvgIpc) is 3.13. The summed E-state index contributed by atoms with van der Waals surface area (Å²) in [6.07, 6.45) is 3.90. The lowest BCUT2D eigenvalue weighted by molar-refractivity contribution is 0.0695. The fourth-order valence-corrected chi connectivity index (χ4v) is 2.40. The van der Waals surface area contributed by atoms with Crippen LogP contribution in [0.5, 0.6) is 0 Å². The minimum absolute atomic E-state index is 0.259. The molecule has 0 radical (unpaired) electrons. The van der Waals surface area contributed by atoms with Crippen molar-refractivity contribution in [2.45, 2.75) is 25.3 Å². The molecule has 2 aromatic rings. The molecule has 3 rings (SSSR count). The van der Waals surface area contributed by atoms with Gasteiger partial charge < -0.3 is 9.67 Å². The second kappa shape index (κ2) is 4.53. The van der Waals surface area contributed by atoms with Crippen LogP contribution in [-0.2, 0) is 6.54 Å². The summed E-state index contributed by atoms with van der Waals surface area (Å²) < 4.78 is 14.8. The minimum atomic E-state index is -0.875. The first-order chi connectivity index (χ1) is 9.15. The number of rotatable bonds is 4. The maximum absolute atomic E-state index is 12.9. The maximum atomic E-state index is 12.9. The van der Waals surface area contributed by atoms with E-state index < -0.39 is 5.97 Å². The predicted octanol–water partition coefficient (Wildman–Crippen LogP) is 3.25. The van der Waals surface area contributed by atoms with Crippen molar-refractivity contribution >= 4 is 5.97 Å². The van der Waals surface area contributed by atoms with Crippen molar-refractivity contribution in [3.8, 4) is 0 Å². The predicted molar refractivity (Wildman–Crippen MR) is 68.9 cm³/mol. The first-order valence-electron chi connectivity index (χ1n) is 6.32. The second-order valence-electron chi connectivity index (χ2n) is 4.95. The van der Waals surface area contributed by atoms with E-state index in [1.54, 1.807) is 24.4 Å². The van der Waals surface area contributed by atoms with E-state index in [9.17, 15) is 14.3 Å². The van der Waals surface area contributed by atoms with Crippen LogP contribution in [0.4, 0.5) is 4.39 Å². The minimum Gasteiger partial charge on any atom is -0.478 e. The highest BCUT2D eigenvalue weighted by molar-refractivity contribution is 5.89. The molecule has 0 unspecified atom stereocenters. The monoisotopic (exact) mass is 259 g/mol. The average molecular weight is 259 g/mol. The van der Waals surface area contributed by atoms with Crippen LogP contribution in [-0.4, -0.2) is 15.6 Å². The molecule has 1 heterocycles. The zero-order valence-corrected chi connectivity index (χ0v) is 10.3. The number of aromatic carboxylic acids is 1. The lowest BCUT2D eigenvalue weighted by atomic mass is 10.1. The van der Waals surface area contributed by atoms with Gasteiger partial charge in [-0.1, -0.05) is 12.1 Å². The standard InChI is InChI=1S/C15H14FNO2/c16-12-5-1-10(2-6-12)9-17-8-7-13(15(18)19)14(17)11-3-4-11/h1-2,5-8,11H,3-4,9H2,(H,18,19). The lowest BCUT2D eigenvalue weighted by Gasteiger charge is -2.10. The second-order valence-corrected chi connectivity index (χ2v) is 4.95. The molecule has 1 aliphatic carbocycles. The van der Waals surface area contributed by atoms with Gasteiger partial charge in [0.05, 0.1) is 5.56 Å². The summed E-state index contributed by atoms with van der Waals surface area (Å²) in [5, 5.41) is 9.20. The van der Waals surface area contributed by atoms with Crippen LogP contribution >= 0.6 is 0 Å². The number of hydrogen-bond donors (Lipinski definition) is 1. The van der Waals surface area contributed by atoms with Crippen molar-refractivity contribution in [3.05, 3.63) is 59.2 Å². The summed E-state index contributed by atoms with van der Waals surface area (Å²) in [4.78, 5) is 11.2. The van der Waals surface area contributed by atoms with Crippen LogP contribution in [0.3, 0.4) is 0 Å². The maximum Gasteiger partial charge on any atom is 0.337 e. The van der Waals surface area contributed by atoms with Gasteiger partial charge in [-0.05, 0) is 36.6 Å². The van der Waals surface area contributed by atoms with E-state index in [0.717, 1.165) is 24.1 Å². The Morgan fingerprint density at radius 3 is 2.53 bits per heavy atom. The highest BCUT2D eigenvalue weighted by atomic mass is 19.1. The molecule has 0 bridgehead atoms. The quantitative estimate of drug-likeness (QED) is 0.915. The van der Waals surface area contributed by atoms with E-state index in [4.69, 9.17) is 0 Å². The Morgan fingerprint density at radius 1 is 1.26 bits per heavy atom. The molecule has 0 saturated heterocycles. The highest BCUT2D eigenvalue weighted by Crippen LogP contribution is 2.42. The van der Waals surface area contributed by atoms with Crippen LogP contribution in [0.15, 0.2) is 36.5 Å². The van der Waals surface area contributed by atoms with Crippen LogP contribution < -0.4 is 0 Å². The Morgan fingerprint density at radius 2 is 1.95 bits per heavy atom. The molecule has 1 aliphatic rings. The number of aromatic nitrogens is 1. The molecule has 19 heavy (non-hydrogen) atoms. The zero-order chi connectivity index (χ0) is 13.4. The SMILES string of the molecule is O=C(O)c1ccn(Cc2ccc(F)cc2)c1C1CC1. The Bertz CT molecular complexity index is 612. The molecule has 0 atom stereocenters. The van der Waals surface area contributed by atoms with E-state index in [-0.39, 0.29) is 5.82 Å². The van der Waals surface area contributed by atoms with Gasteiger partial charge in [0, 0.05) is 24.4 Å². The smallest absolute Gasteiger partial charge is 0.337 e. The fraction of sp³-hybridized carbons (Fsp3) is 0.267. The summed E-state index contributed by atoms with van der Waals surface area (Å²) in [6, 6.07) is 7.96. The number of carbonyl (C=O) groups is 1. The normalized spacial score (nSPS) is 14.6. The van der Waals surface area contributed by atoms with Crippen molar-refractivity contribution in [2.75, 3.05) is 0 Å². The number of halogens is 1. The van der Waals surface area contributed by atoms with Gasteiger partial charge in [-0.2, -0.15) is 0 Å². The van der Waals surface area contributed by atoms with Crippen LogP contribution in [0.2, 0.25) is 0 Å². The lowest BCUT2D eigenvalue weighted by Crippen LogP contribution is -2.06. The molecule has 1 N–H and O–H groups in total. The van der Waals surface area contributed by atoms with Gasteiger partial charge in [0.1, 0.15) is 5.82 Å². The third-order valence-electron chi connectivity index (χ3n) is 3.47. The molecule has 0 aliphatic heterocycles. The molecular weight excluding hydrogens is 245 g/mol. The molecule has 3 nitrogen and oxygen atoms in total. The van der Waals surface area contributed by atoms with Gasteiger partial charge >= 0.3 is 5.97 Å². The van der Waals surface area contributed by atoms with E-state index in [1.807, 2.05) is 4.57 Å². The molecule has 0 amide bonds. The first kappa shape index (κ1) is 12.0. The molecule has 4 heteroatoms. The number of carboxylic acid groups (broad SMARTS) is 1. The van der Waals surface area contributed by atoms with Crippen LogP contribution in [0.25, 0.3) is 0 Å². The molecule has 98 valence electrons. The van der Waals surface area contributed by atoms with Gasteiger partial charge in [0.15, 0.2) is 0 Å². The van der Waals surface area contributed by atoms with Crippen molar-refractivity contribution in [1.82, 2.24) is 4.57 Å². The van der Waals surface area contributed by atoms with E-state index in [1.165, 1.54) is 12.1 Å². The summed E-state index contributed by atoms with van der Waals surface area (Å²) in [6.45, 7) is 0.583. The highest BCUT2D eigenvalue weighted by Gasteiger charge is 2.31. The molecule has 1 aromatic heterocycles. The summed E-state index contributed by atoms with van der Waals surface area (Å²) in [7, 11) is 0. The van der Waals surface area contributed by atoms with Crippen molar-refractivity contribution < 1.29 is 14.3 Å². The first-order valence-corrected chi connectivity index (χ1v) is 6.32. The van der Waals surface area contributed by atoms with Crippen molar-refractivity contribution in [2.24, 2.45) is 0 Å². The van der Waals surface area contributed by atoms with Crippen molar-refractivity contribution in [1.29, 1.82) is 0 Å². The van der Waals surface area contributed by atoms with Crippen molar-refractivity contribution in [3.63, 3.8) is 0 Å². The number of hydrogen-bond acceptors (Lipinski definition) is 1. The summed E-state index contributed by atoms with van der Waals surface area (Å²) >= 11 is 0. The molecule has 1 fully saturated rings. The fourth-order valence-electron chi connectivity index (χ4n) is 2.40. The molecule has 1 aromatic carbocycles.